The van der Waals surface area contributed by atoms with E-state index in [2.05, 4.69) is 25.9 Å². The average molecular weight is 510 g/mol. The highest BCUT2D eigenvalue weighted by molar-refractivity contribution is 5.97. The van der Waals surface area contributed by atoms with Crippen molar-refractivity contribution >= 4 is 34.2 Å². The standard InChI is InChI=1S/C27H32FN5O4/c1-3-25(34)33-22-14-19-21(15-24(22)36-2)30-16-31-26(19)37-23-10-9-18(13-20(23)28)32-27(35)29-12-11-17-7-5-4-6-8-17/h9-10,13-17H,3-8,11-12H2,1-2H3,(H,33,34)(H2,29,32,35). The van der Waals surface area contributed by atoms with Gasteiger partial charge in [-0.1, -0.05) is 39.0 Å². The molecule has 2 aromatic carbocycles. The molecule has 0 aliphatic heterocycles. The van der Waals surface area contributed by atoms with E-state index in [1.54, 1.807) is 25.1 Å². The smallest absolute Gasteiger partial charge is 0.319 e. The Bertz CT molecular complexity index is 1260. The van der Waals surface area contributed by atoms with Crippen LogP contribution in [0.2, 0.25) is 0 Å². The number of ether oxygens (including phenoxy) is 2. The molecule has 37 heavy (non-hydrogen) atoms. The number of carbonyl (C=O) groups excluding carboxylic acids is 2. The van der Waals surface area contributed by atoms with E-state index in [0.29, 0.717) is 46.9 Å². The van der Waals surface area contributed by atoms with Crippen molar-refractivity contribution in [3.8, 4) is 17.4 Å². The molecule has 1 fully saturated rings. The third-order valence-electron chi connectivity index (χ3n) is 6.47. The predicted octanol–water partition coefficient (Wildman–Crippen LogP) is 6.01. The zero-order chi connectivity index (χ0) is 26.2. The van der Waals surface area contributed by atoms with Crippen molar-refractivity contribution in [1.29, 1.82) is 0 Å². The number of rotatable bonds is 9. The molecule has 196 valence electrons. The number of fused-ring (bicyclic) bond motifs is 1. The lowest BCUT2D eigenvalue weighted by Crippen LogP contribution is -2.30. The van der Waals surface area contributed by atoms with Crippen molar-refractivity contribution in [2.45, 2.75) is 51.9 Å². The Hall–Kier alpha value is -3.95. The van der Waals surface area contributed by atoms with Crippen LogP contribution in [0.15, 0.2) is 36.7 Å². The van der Waals surface area contributed by atoms with Gasteiger partial charge in [0.05, 0.1) is 23.7 Å². The van der Waals surface area contributed by atoms with Crippen LogP contribution >= 0.6 is 0 Å². The molecule has 9 nitrogen and oxygen atoms in total. The van der Waals surface area contributed by atoms with Gasteiger partial charge in [-0.15, -0.1) is 0 Å². The fourth-order valence-electron chi connectivity index (χ4n) is 4.45. The van der Waals surface area contributed by atoms with E-state index in [-0.39, 0.29) is 23.6 Å². The Kier molecular flexibility index (Phi) is 8.71. The molecule has 0 radical (unpaired) electrons. The van der Waals surface area contributed by atoms with Crippen LogP contribution < -0.4 is 25.4 Å². The number of nitrogens with zero attached hydrogens (tertiary/aromatic N) is 2. The lowest BCUT2D eigenvalue weighted by atomic mass is 9.87. The Morgan fingerprint density at radius 3 is 2.59 bits per heavy atom. The number of nitrogens with one attached hydrogen (secondary N) is 3. The maximum Gasteiger partial charge on any atom is 0.319 e. The Labute approximate surface area is 215 Å². The largest absolute Gasteiger partial charge is 0.494 e. The minimum Gasteiger partial charge on any atom is -0.494 e. The van der Waals surface area contributed by atoms with Crippen LogP contribution in [0, 0.1) is 11.7 Å². The molecule has 1 aromatic heterocycles. The van der Waals surface area contributed by atoms with Crippen molar-refractivity contribution in [1.82, 2.24) is 15.3 Å². The van der Waals surface area contributed by atoms with Crippen molar-refractivity contribution < 1.29 is 23.5 Å². The van der Waals surface area contributed by atoms with Crippen molar-refractivity contribution in [3.63, 3.8) is 0 Å². The monoisotopic (exact) mass is 509 g/mol. The van der Waals surface area contributed by atoms with E-state index in [1.807, 2.05) is 0 Å². The molecular formula is C27H32FN5O4. The molecule has 3 amide bonds. The maximum absolute atomic E-state index is 14.9. The zero-order valence-electron chi connectivity index (χ0n) is 21.1. The van der Waals surface area contributed by atoms with Crippen LogP contribution in [0.5, 0.6) is 17.4 Å². The molecule has 0 saturated heterocycles. The first kappa shape index (κ1) is 26.1. The van der Waals surface area contributed by atoms with Crippen molar-refractivity contribution in [3.05, 3.63) is 42.5 Å². The van der Waals surface area contributed by atoms with Gasteiger partial charge >= 0.3 is 6.03 Å². The van der Waals surface area contributed by atoms with E-state index >= 15 is 0 Å². The third kappa shape index (κ3) is 6.84. The number of hydrogen-bond donors (Lipinski definition) is 3. The van der Waals surface area contributed by atoms with Crippen LogP contribution in [0.25, 0.3) is 10.9 Å². The van der Waals surface area contributed by atoms with Crippen LogP contribution in [-0.2, 0) is 4.79 Å². The van der Waals surface area contributed by atoms with Gasteiger partial charge in [-0.05, 0) is 30.5 Å². The van der Waals surface area contributed by atoms with Gasteiger partial charge < -0.3 is 25.4 Å². The number of carbonyl (C=O) groups is 2. The Balaban J connectivity index is 1.43. The second kappa shape index (κ2) is 12.3. The van der Waals surface area contributed by atoms with Gasteiger partial charge in [0.25, 0.3) is 0 Å². The lowest BCUT2D eigenvalue weighted by molar-refractivity contribution is -0.115. The van der Waals surface area contributed by atoms with E-state index in [4.69, 9.17) is 9.47 Å². The van der Waals surface area contributed by atoms with Gasteiger partial charge in [-0.3, -0.25) is 4.79 Å². The average Bonchev–Trinajstić information content (AvgIpc) is 2.90. The Morgan fingerprint density at radius 1 is 1.05 bits per heavy atom. The molecule has 0 unspecified atom stereocenters. The van der Waals surface area contributed by atoms with E-state index in [0.717, 1.165) is 6.42 Å². The molecule has 1 saturated carbocycles. The summed E-state index contributed by atoms with van der Waals surface area (Å²) in [5.74, 6) is 0.278. The lowest BCUT2D eigenvalue weighted by Gasteiger charge is -2.21. The van der Waals surface area contributed by atoms with Crippen molar-refractivity contribution in [2.24, 2.45) is 5.92 Å². The van der Waals surface area contributed by atoms with E-state index in [1.165, 1.54) is 57.7 Å². The summed E-state index contributed by atoms with van der Waals surface area (Å²) < 4.78 is 26.0. The van der Waals surface area contributed by atoms with Gasteiger partial charge in [0.15, 0.2) is 11.6 Å². The highest BCUT2D eigenvalue weighted by Gasteiger charge is 2.16. The summed E-state index contributed by atoms with van der Waals surface area (Å²) in [7, 11) is 1.49. The SMILES string of the molecule is CCC(=O)Nc1cc2c(Oc3ccc(NC(=O)NCCC4CCCCC4)cc3F)ncnc2cc1OC. The molecule has 3 aromatic rings. The molecule has 1 aliphatic carbocycles. The highest BCUT2D eigenvalue weighted by Crippen LogP contribution is 2.35. The fourth-order valence-corrected chi connectivity index (χ4v) is 4.45. The summed E-state index contributed by atoms with van der Waals surface area (Å²) in [6.07, 6.45) is 8.82. The molecule has 0 bridgehead atoms. The van der Waals surface area contributed by atoms with Gasteiger partial charge in [0, 0.05) is 30.8 Å². The normalized spacial score (nSPS) is 13.7. The van der Waals surface area contributed by atoms with Gasteiger partial charge in [-0.2, -0.15) is 0 Å². The van der Waals surface area contributed by atoms with E-state index in [9.17, 15) is 14.0 Å². The Morgan fingerprint density at radius 2 is 1.86 bits per heavy atom. The first-order chi connectivity index (χ1) is 18.0. The summed E-state index contributed by atoms with van der Waals surface area (Å²) >= 11 is 0. The minimum atomic E-state index is -0.667. The first-order valence-electron chi connectivity index (χ1n) is 12.6. The number of amides is 3. The van der Waals surface area contributed by atoms with Crippen molar-refractivity contribution in [2.75, 3.05) is 24.3 Å². The summed E-state index contributed by atoms with van der Waals surface area (Å²) in [5.41, 5.74) is 1.23. The van der Waals surface area contributed by atoms with Gasteiger partial charge in [0.1, 0.15) is 12.1 Å². The molecule has 1 heterocycles. The maximum atomic E-state index is 14.9. The number of hydrogen-bond acceptors (Lipinski definition) is 6. The molecule has 10 heteroatoms. The van der Waals surface area contributed by atoms with Crippen LogP contribution in [-0.4, -0.2) is 35.6 Å². The molecular weight excluding hydrogens is 477 g/mol. The predicted molar refractivity (Wildman–Crippen MR) is 140 cm³/mol. The van der Waals surface area contributed by atoms with Crippen LogP contribution in [0.1, 0.15) is 51.9 Å². The molecule has 0 spiro atoms. The summed E-state index contributed by atoms with van der Waals surface area (Å²) in [6, 6.07) is 7.06. The number of benzene rings is 2. The van der Waals surface area contributed by atoms with Gasteiger partial charge in [-0.25, -0.2) is 19.2 Å². The van der Waals surface area contributed by atoms with E-state index < -0.39 is 5.82 Å². The third-order valence-corrected chi connectivity index (χ3v) is 6.47. The topological polar surface area (TPSA) is 114 Å². The zero-order valence-corrected chi connectivity index (χ0v) is 21.1. The molecule has 3 N–H and O–H groups in total. The minimum absolute atomic E-state index is 0.0711. The van der Waals surface area contributed by atoms with Gasteiger partial charge in [0.2, 0.25) is 11.8 Å². The molecule has 4 rings (SSSR count). The fraction of sp³-hybridized carbons (Fsp3) is 0.407. The second-order valence-electron chi connectivity index (χ2n) is 9.07. The van der Waals surface area contributed by atoms with Crippen LogP contribution in [0.4, 0.5) is 20.6 Å². The number of halogens is 1. The quantitative estimate of drug-likeness (QED) is 0.325. The number of anilines is 2. The molecule has 0 atom stereocenters. The summed E-state index contributed by atoms with van der Waals surface area (Å²) in [4.78, 5) is 32.5. The first-order valence-corrected chi connectivity index (χ1v) is 12.6. The number of urea groups is 1. The van der Waals surface area contributed by atoms with Crippen LogP contribution in [0.3, 0.4) is 0 Å². The number of methoxy groups -OCH3 is 1. The highest BCUT2D eigenvalue weighted by atomic mass is 19.1. The molecule has 1 aliphatic rings. The summed E-state index contributed by atoms with van der Waals surface area (Å²) in [6.45, 7) is 2.33. The number of aromatic nitrogens is 2. The second-order valence-corrected chi connectivity index (χ2v) is 9.07. The summed E-state index contributed by atoms with van der Waals surface area (Å²) in [5, 5.41) is 8.74.